The highest BCUT2D eigenvalue weighted by atomic mass is 35.5. The van der Waals surface area contributed by atoms with Gasteiger partial charge in [0.1, 0.15) is 5.82 Å². The third-order valence-corrected chi connectivity index (χ3v) is 8.41. The number of halogens is 2. The second-order valence-corrected chi connectivity index (χ2v) is 12.1. The van der Waals surface area contributed by atoms with E-state index >= 15 is 0 Å². The number of hydrogen-bond acceptors (Lipinski definition) is 9. The topological polar surface area (TPSA) is 117 Å². The molecule has 6 rings (SSSR count). The van der Waals surface area contributed by atoms with Crippen molar-refractivity contribution in [2.24, 2.45) is 0 Å². The maximum absolute atomic E-state index is 14.4. The number of nitrogens with one attached hydrogen (secondary N) is 2. The van der Waals surface area contributed by atoms with Gasteiger partial charge in [-0.15, -0.1) is 5.10 Å². The molecule has 2 fully saturated rings. The lowest BCUT2D eigenvalue weighted by Gasteiger charge is -2.32. The number of carbonyl (C=O) groups excluding carboxylic acids is 1. The number of likely N-dealkylation sites (tertiary alicyclic amines) is 1. The summed E-state index contributed by atoms with van der Waals surface area (Å²) in [5, 5.41) is 15.3. The number of anilines is 2. The van der Waals surface area contributed by atoms with Crippen molar-refractivity contribution >= 4 is 40.3 Å². The van der Waals surface area contributed by atoms with Crippen molar-refractivity contribution < 1.29 is 13.9 Å². The standard InChI is InChI=1S/C31H38ClFN10O2/c1-40(2)14-11-34-31(44)35-24-7-4-21(5-8-24)28-36-29(42-15-17-45-18-16-42)27-30(37-28)43(39-38-27)25-9-12-41(13-10-25)20-22-3-6-23(32)19-26(22)33/h3-8,19,25H,9-18,20H2,1-2H3,(H2,34,35,44). The van der Waals surface area contributed by atoms with Crippen LogP contribution < -0.4 is 15.5 Å². The monoisotopic (exact) mass is 636 g/mol. The number of urea groups is 1. The summed E-state index contributed by atoms with van der Waals surface area (Å²) in [6, 6.07) is 12.2. The third kappa shape index (κ3) is 7.50. The molecule has 4 heterocycles. The number of likely N-dealkylation sites (N-methyl/N-ethyl adjacent to an activating group) is 1. The fourth-order valence-electron chi connectivity index (χ4n) is 5.67. The van der Waals surface area contributed by atoms with Gasteiger partial charge in [0, 0.05) is 67.7 Å². The average molecular weight is 637 g/mol. The molecule has 2 amide bonds. The Morgan fingerprint density at radius 2 is 1.82 bits per heavy atom. The van der Waals surface area contributed by atoms with Crippen LogP contribution in [0.1, 0.15) is 24.4 Å². The molecule has 2 aliphatic rings. The second kappa shape index (κ2) is 14.0. The van der Waals surface area contributed by atoms with Crippen molar-refractivity contribution in [2.75, 3.05) is 76.8 Å². The summed E-state index contributed by atoms with van der Waals surface area (Å²) in [5.74, 6) is 1.02. The van der Waals surface area contributed by atoms with Gasteiger partial charge < -0.3 is 25.2 Å². The molecule has 2 saturated heterocycles. The molecule has 2 N–H and O–H groups in total. The Labute approximate surface area is 266 Å². The highest BCUT2D eigenvalue weighted by molar-refractivity contribution is 6.30. The van der Waals surface area contributed by atoms with Crippen LogP contribution in [-0.2, 0) is 11.3 Å². The smallest absolute Gasteiger partial charge is 0.319 e. The zero-order chi connectivity index (χ0) is 31.3. The van der Waals surface area contributed by atoms with Gasteiger partial charge in [0.15, 0.2) is 22.8 Å². The minimum Gasteiger partial charge on any atom is -0.378 e. The van der Waals surface area contributed by atoms with Gasteiger partial charge in [-0.25, -0.2) is 23.8 Å². The second-order valence-electron chi connectivity index (χ2n) is 11.7. The highest BCUT2D eigenvalue weighted by Crippen LogP contribution is 2.31. The van der Waals surface area contributed by atoms with Gasteiger partial charge in [0.05, 0.1) is 19.3 Å². The molecule has 0 unspecified atom stereocenters. The SMILES string of the molecule is CN(C)CCNC(=O)Nc1ccc(-c2nc(N3CCOCC3)c3nnn(C4CCN(Cc5ccc(Cl)cc5F)CC4)c3n2)cc1. The van der Waals surface area contributed by atoms with E-state index in [2.05, 4.69) is 30.7 Å². The van der Waals surface area contributed by atoms with Gasteiger partial charge >= 0.3 is 6.03 Å². The third-order valence-electron chi connectivity index (χ3n) is 8.17. The molecule has 12 nitrogen and oxygen atoms in total. The summed E-state index contributed by atoms with van der Waals surface area (Å²) >= 11 is 5.94. The van der Waals surface area contributed by atoms with Crippen molar-refractivity contribution in [3.63, 3.8) is 0 Å². The Bertz CT molecular complexity index is 1620. The van der Waals surface area contributed by atoms with Crippen molar-refractivity contribution in [3.8, 4) is 11.4 Å². The maximum Gasteiger partial charge on any atom is 0.319 e. The molecule has 238 valence electrons. The van der Waals surface area contributed by atoms with Crippen molar-refractivity contribution in [3.05, 3.63) is 58.9 Å². The Kier molecular flexibility index (Phi) is 9.69. The molecule has 0 atom stereocenters. The lowest BCUT2D eigenvalue weighted by Crippen LogP contribution is -2.37. The molecule has 0 spiro atoms. The molecule has 4 aromatic rings. The van der Waals surface area contributed by atoms with Crippen LogP contribution in [-0.4, -0.2) is 107 Å². The number of morpholine rings is 1. The van der Waals surface area contributed by atoms with Crippen LogP contribution in [0.15, 0.2) is 42.5 Å². The molecule has 0 saturated carbocycles. The number of amides is 2. The summed E-state index contributed by atoms with van der Waals surface area (Å²) in [7, 11) is 3.92. The Morgan fingerprint density at radius 3 is 2.53 bits per heavy atom. The summed E-state index contributed by atoms with van der Waals surface area (Å²) in [6.07, 6.45) is 1.66. The van der Waals surface area contributed by atoms with E-state index in [1.54, 1.807) is 12.1 Å². The van der Waals surface area contributed by atoms with Gasteiger partial charge in [-0.1, -0.05) is 22.9 Å². The molecule has 0 aliphatic carbocycles. The maximum atomic E-state index is 14.4. The molecular weight excluding hydrogens is 599 g/mol. The van der Waals surface area contributed by atoms with Crippen LogP contribution in [0.3, 0.4) is 0 Å². The number of ether oxygens (including phenoxy) is 1. The van der Waals surface area contributed by atoms with E-state index < -0.39 is 0 Å². The number of benzene rings is 2. The molecule has 0 radical (unpaired) electrons. The van der Waals surface area contributed by atoms with Crippen molar-refractivity contribution in [2.45, 2.75) is 25.4 Å². The number of nitrogens with zero attached hydrogens (tertiary/aromatic N) is 8. The van der Waals surface area contributed by atoms with Crippen LogP contribution in [0, 0.1) is 5.82 Å². The first kappa shape index (κ1) is 31.1. The fourth-order valence-corrected chi connectivity index (χ4v) is 5.83. The zero-order valence-electron chi connectivity index (χ0n) is 25.5. The first-order valence-electron chi connectivity index (χ1n) is 15.3. The minimum absolute atomic E-state index is 0.0965. The number of rotatable bonds is 9. The Hall–Kier alpha value is -3.91. The predicted octanol–water partition coefficient (Wildman–Crippen LogP) is 4.04. The van der Waals surface area contributed by atoms with E-state index in [1.807, 2.05) is 47.9 Å². The summed E-state index contributed by atoms with van der Waals surface area (Å²) in [5.41, 5.74) is 3.48. The quantitative estimate of drug-likeness (QED) is 0.281. The molecule has 2 aromatic heterocycles. The van der Waals surface area contributed by atoms with Crippen molar-refractivity contribution in [1.29, 1.82) is 0 Å². The Morgan fingerprint density at radius 1 is 1.07 bits per heavy atom. The molecule has 2 aromatic carbocycles. The van der Waals surface area contributed by atoms with Crippen LogP contribution in [0.25, 0.3) is 22.6 Å². The number of fused-ring (bicyclic) bond motifs is 1. The molecule has 14 heteroatoms. The van der Waals surface area contributed by atoms with Crippen LogP contribution >= 0.6 is 11.6 Å². The number of piperidine rings is 1. The van der Waals surface area contributed by atoms with Gasteiger partial charge in [-0.3, -0.25) is 4.90 Å². The van der Waals surface area contributed by atoms with E-state index in [9.17, 15) is 9.18 Å². The van der Waals surface area contributed by atoms with E-state index in [0.717, 1.165) is 43.9 Å². The van der Waals surface area contributed by atoms with Gasteiger partial charge in [0.25, 0.3) is 0 Å². The average Bonchev–Trinajstić information content (AvgIpc) is 3.47. The summed E-state index contributed by atoms with van der Waals surface area (Å²) in [6.45, 7) is 6.04. The summed E-state index contributed by atoms with van der Waals surface area (Å²) < 4.78 is 21.9. The van der Waals surface area contributed by atoms with E-state index in [-0.39, 0.29) is 17.9 Å². The number of carbonyl (C=O) groups is 1. The Balaban J connectivity index is 1.21. The predicted molar refractivity (Wildman–Crippen MR) is 172 cm³/mol. The number of hydrogen-bond donors (Lipinski definition) is 2. The molecule has 0 bridgehead atoms. The van der Waals surface area contributed by atoms with Gasteiger partial charge in [0.2, 0.25) is 0 Å². The first-order valence-corrected chi connectivity index (χ1v) is 15.6. The normalized spacial score (nSPS) is 16.4. The van der Waals surface area contributed by atoms with E-state index in [1.165, 1.54) is 6.07 Å². The summed E-state index contributed by atoms with van der Waals surface area (Å²) in [4.78, 5) is 28.7. The van der Waals surface area contributed by atoms with Crippen LogP contribution in [0.4, 0.5) is 20.7 Å². The van der Waals surface area contributed by atoms with Crippen LogP contribution in [0.2, 0.25) is 5.02 Å². The lowest BCUT2D eigenvalue weighted by atomic mass is 10.0. The highest BCUT2D eigenvalue weighted by Gasteiger charge is 2.27. The number of aromatic nitrogens is 5. The first-order chi connectivity index (χ1) is 21.8. The zero-order valence-corrected chi connectivity index (χ0v) is 26.3. The van der Waals surface area contributed by atoms with Crippen molar-refractivity contribution in [1.82, 2.24) is 40.1 Å². The fraction of sp³-hybridized carbons (Fsp3) is 0.452. The lowest BCUT2D eigenvalue weighted by molar-refractivity contribution is 0.122. The van der Waals surface area contributed by atoms with Crippen LogP contribution in [0.5, 0.6) is 0 Å². The van der Waals surface area contributed by atoms with E-state index in [4.69, 9.17) is 26.3 Å². The molecule has 2 aliphatic heterocycles. The van der Waals surface area contributed by atoms with E-state index in [0.29, 0.717) is 72.7 Å². The largest absolute Gasteiger partial charge is 0.378 e. The van der Waals surface area contributed by atoms with Gasteiger partial charge in [-0.2, -0.15) is 0 Å². The van der Waals surface area contributed by atoms with Gasteiger partial charge in [-0.05, 0) is 63.3 Å². The minimum atomic E-state index is -0.279. The molecule has 45 heavy (non-hydrogen) atoms. The molecular formula is C31H38ClFN10O2.